The van der Waals surface area contributed by atoms with E-state index in [1.54, 1.807) is 4.90 Å². The molecule has 15 heavy (non-hydrogen) atoms. The SMILES string of the molecule is CC1(C2CCN(C(=O)Cl)CC2)OCCO1. The summed E-state index contributed by atoms with van der Waals surface area (Å²) < 4.78 is 11.2. The monoisotopic (exact) mass is 233 g/mol. The molecular weight excluding hydrogens is 218 g/mol. The molecule has 0 bridgehead atoms. The van der Waals surface area contributed by atoms with Gasteiger partial charge in [-0.3, -0.25) is 4.79 Å². The van der Waals surface area contributed by atoms with Crippen LogP contribution in [-0.2, 0) is 9.47 Å². The number of rotatable bonds is 1. The van der Waals surface area contributed by atoms with Crippen LogP contribution in [0.15, 0.2) is 0 Å². The predicted molar refractivity (Wildman–Crippen MR) is 55.9 cm³/mol. The van der Waals surface area contributed by atoms with Gasteiger partial charge in [0, 0.05) is 19.0 Å². The van der Waals surface area contributed by atoms with Crippen molar-refractivity contribution in [3.05, 3.63) is 0 Å². The highest BCUT2D eigenvalue weighted by atomic mass is 35.5. The molecule has 0 aromatic carbocycles. The molecule has 2 fully saturated rings. The molecule has 0 N–H and O–H groups in total. The third-order valence-corrected chi connectivity index (χ3v) is 3.58. The van der Waals surface area contributed by atoms with E-state index in [2.05, 4.69) is 0 Å². The molecule has 0 unspecified atom stereocenters. The van der Waals surface area contributed by atoms with Gasteiger partial charge in [0.15, 0.2) is 5.79 Å². The molecular formula is C10H16ClNO3. The lowest BCUT2D eigenvalue weighted by Gasteiger charge is -2.38. The lowest BCUT2D eigenvalue weighted by atomic mass is 9.89. The first-order valence-electron chi connectivity index (χ1n) is 5.34. The van der Waals surface area contributed by atoms with Crippen molar-refractivity contribution in [1.29, 1.82) is 0 Å². The number of likely N-dealkylation sites (tertiary alicyclic amines) is 1. The lowest BCUT2D eigenvalue weighted by Crippen LogP contribution is -2.44. The number of nitrogens with zero attached hydrogens (tertiary/aromatic N) is 1. The number of amides is 1. The topological polar surface area (TPSA) is 38.8 Å². The fourth-order valence-corrected chi connectivity index (χ4v) is 2.51. The maximum absolute atomic E-state index is 10.9. The van der Waals surface area contributed by atoms with Gasteiger partial charge >= 0.3 is 5.37 Å². The van der Waals surface area contributed by atoms with Gasteiger partial charge < -0.3 is 14.4 Å². The fraction of sp³-hybridized carbons (Fsp3) is 0.900. The Balaban J connectivity index is 1.90. The molecule has 0 radical (unpaired) electrons. The summed E-state index contributed by atoms with van der Waals surface area (Å²) in [6, 6.07) is 0. The fourth-order valence-electron chi connectivity index (χ4n) is 2.35. The van der Waals surface area contributed by atoms with E-state index in [-0.39, 0.29) is 5.37 Å². The van der Waals surface area contributed by atoms with Crippen LogP contribution in [0.5, 0.6) is 0 Å². The first-order valence-corrected chi connectivity index (χ1v) is 5.72. The van der Waals surface area contributed by atoms with Crippen LogP contribution in [0.25, 0.3) is 0 Å². The van der Waals surface area contributed by atoms with Gasteiger partial charge in [0.05, 0.1) is 13.2 Å². The Labute approximate surface area is 94.5 Å². The van der Waals surface area contributed by atoms with Crippen LogP contribution >= 0.6 is 11.6 Å². The van der Waals surface area contributed by atoms with Crippen LogP contribution in [0.1, 0.15) is 19.8 Å². The molecule has 2 rings (SSSR count). The quantitative estimate of drug-likeness (QED) is 0.512. The minimum atomic E-state index is -0.443. The van der Waals surface area contributed by atoms with E-state index < -0.39 is 5.79 Å². The smallest absolute Gasteiger partial charge is 0.316 e. The molecule has 0 aliphatic carbocycles. The highest BCUT2D eigenvalue weighted by Gasteiger charge is 2.41. The zero-order valence-corrected chi connectivity index (χ0v) is 9.63. The number of carbonyl (C=O) groups is 1. The molecule has 86 valence electrons. The normalized spacial score (nSPS) is 26.9. The number of carbonyl (C=O) groups excluding carboxylic acids is 1. The molecule has 2 heterocycles. The number of hydrogen-bond acceptors (Lipinski definition) is 3. The van der Waals surface area contributed by atoms with Gasteiger partial charge in [-0.05, 0) is 31.4 Å². The molecule has 1 amide bonds. The van der Waals surface area contributed by atoms with Crippen LogP contribution in [0, 0.1) is 5.92 Å². The van der Waals surface area contributed by atoms with Crippen LogP contribution in [0.2, 0.25) is 0 Å². The van der Waals surface area contributed by atoms with E-state index in [0.717, 1.165) is 12.8 Å². The highest BCUT2D eigenvalue weighted by molar-refractivity contribution is 6.62. The van der Waals surface area contributed by atoms with Crippen molar-refractivity contribution in [1.82, 2.24) is 4.90 Å². The van der Waals surface area contributed by atoms with Crippen molar-refractivity contribution >= 4 is 17.0 Å². The maximum atomic E-state index is 10.9. The summed E-state index contributed by atoms with van der Waals surface area (Å²) in [6.07, 6.45) is 1.80. The molecule has 2 aliphatic heterocycles. The van der Waals surface area contributed by atoms with E-state index in [1.165, 1.54) is 0 Å². The van der Waals surface area contributed by atoms with Crippen LogP contribution in [0.4, 0.5) is 4.79 Å². The van der Waals surface area contributed by atoms with Gasteiger partial charge in [0.25, 0.3) is 0 Å². The van der Waals surface area contributed by atoms with Crippen LogP contribution in [0.3, 0.4) is 0 Å². The molecule has 0 aromatic rings. The summed E-state index contributed by atoms with van der Waals surface area (Å²) in [6.45, 7) is 4.74. The molecule has 2 aliphatic rings. The summed E-state index contributed by atoms with van der Waals surface area (Å²) >= 11 is 5.42. The van der Waals surface area contributed by atoms with Gasteiger partial charge in [-0.25, -0.2) is 0 Å². The zero-order valence-electron chi connectivity index (χ0n) is 8.87. The second-order valence-corrected chi connectivity index (χ2v) is 4.55. The van der Waals surface area contributed by atoms with Gasteiger partial charge in [-0.2, -0.15) is 0 Å². The molecule has 0 aromatic heterocycles. The first-order chi connectivity index (χ1) is 7.12. The minimum absolute atomic E-state index is 0.355. The minimum Gasteiger partial charge on any atom is -0.348 e. The average molecular weight is 234 g/mol. The zero-order chi connectivity index (χ0) is 10.9. The Hall–Kier alpha value is -0.320. The molecule has 2 saturated heterocycles. The number of piperidine rings is 1. The largest absolute Gasteiger partial charge is 0.348 e. The van der Waals surface area contributed by atoms with Crippen molar-refractivity contribution in [2.45, 2.75) is 25.6 Å². The standard InChI is InChI=1S/C10H16ClNO3/c1-10(14-6-7-15-10)8-2-4-12(5-3-8)9(11)13/h8H,2-7H2,1H3. The molecule has 0 spiro atoms. The Morgan fingerprint density at radius 1 is 1.33 bits per heavy atom. The summed E-state index contributed by atoms with van der Waals surface area (Å²) in [5.74, 6) is -0.0752. The van der Waals surface area contributed by atoms with Crippen molar-refractivity contribution in [3.8, 4) is 0 Å². The van der Waals surface area contributed by atoms with E-state index in [0.29, 0.717) is 32.2 Å². The van der Waals surface area contributed by atoms with Crippen molar-refractivity contribution in [2.75, 3.05) is 26.3 Å². The van der Waals surface area contributed by atoms with Crippen molar-refractivity contribution in [2.24, 2.45) is 5.92 Å². The predicted octanol–water partition coefficient (Wildman–Crippen LogP) is 1.82. The molecule has 0 saturated carbocycles. The van der Waals surface area contributed by atoms with Gasteiger partial charge in [-0.15, -0.1) is 0 Å². The van der Waals surface area contributed by atoms with E-state index in [4.69, 9.17) is 21.1 Å². The molecule has 0 atom stereocenters. The third-order valence-electron chi connectivity index (χ3n) is 3.35. The number of halogens is 1. The Kier molecular flexibility index (Phi) is 3.19. The lowest BCUT2D eigenvalue weighted by molar-refractivity contribution is -0.189. The van der Waals surface area contributed by atoms with Crippen molar-refractivity contribution < 1.29 is 14.3 Å². The molecule has 4 nitrogen and oxygen atoms in total. The van der Waals surface area contributed by atoms with E-state index in [9.17, 15) is 4.79 Å². The Bertz CT molecular complexity index is 245. The number of hydrogen-bond donors (Lipinski definition) is 0. The van der Waals surface area contributed by atoms with Crippen molar-refractivity contribution in [3.63, 3.8) is 0 Å². The van der Waals surface area contributed by atoms with Gasteiger partial charge in [-0.1, -0.05) is 0 Å². The van der Waals surface area contributed by atoms with Crippen LogP contribution in [-0.4, -0.2) is 42.4 Å². The van der Waals surface area contributed by atoms with Crippen LogP contribution < -0.4 is 0 Å². The first kappa shape index (κ1) is 11.2. The summed E-state index contributed by atoms with van der Waals surface area (Å²) in [5.41, 5.74) is 0. The second kappa shape index (κ2) is 4.28. The van der Waals surface area contributed by atoms with E-state index >= 15 is 0 Å². The molecule has 5 heteroatoms. The maximum Gasteiger partial charge on any atom is 0.316 e. The Morgan fingerprint density at radius 2 is 1.87 bits per heavy atom. The summed E-state index contributed by atoms with van der Waals surface area (Å²) in [7, 11) is 0. The van der Waals surface area contributed by atoms with Gasteiger partial charge in [0.2, 0.25) is 0 Å². The highest BCUT2D eigenvalue weighted by Crippen LogP contribution is 2.35. The number of ether oxygens (including phenoxy) is 2. The van der Waals surface area contributed by atoms with E-state index in [1.807, 2.05) is 6.92 Å². The Morgan fingerprint density at radius 3 is 2.33 bits per heavy atom. The summed E-state index contributed by atoms with van der Waals surface area (Å²) in [5, 5.41) is -0.355. The average Bonchev–Trinajstić information content (AvgIpc) is 2.67. The third kappa shape index (κ3) is 2.27. The van der Waals surface area contributed by atoms with Gasteiger partial charge in [0.1, 0.15) is 0 Å². The second-order valence-electron chi connectivity index (χ2n) is 4.23. The summed E-state index contributed by atoms with van der Waals surface area (Å²) in [4.78, 5) is 12.6.